The van der Waals surface area contributed by atoms with Crippen molar-refractivity contribution in [2.75, 3.05) is 7.05 Å². The minimum absolute atomic E-state index is 0.0498. The number of benzene rings is 2. The number of aromatic nitrogens is 1. The first-order chi connectivity index (χ1) is 12.1. The van der Waals surface area contributed by atoms with E-state index in [0.29, 0.717) is 5.56 Å². The molecule has 0 saturated heterocycles. The first-order valence-electron chi connectivity index (χ1n) is 7.80. The minimum Gasteiger partial charge on any atom is -0.388 e. The molecular formula is C19H17FN2O3. The van der Waals surface area contributed by atoms with Crippen molar-refractivity contribution in [1.29, 1.82) is 0 Å². The van der Waals surface area contributed by atoms with Gasteiger partial charge in [0.1, 0.15) is 17.1 Å². The molecule has 2 aromatic carbocycles. The number of nitrogens with one attached hydrogen (secondary N) is 1. The van der Waals surface area contributed by atoms with E-state index >= 15 is 0 Å². The summed E-state index contributed by atoms with van der Waals surface area (Å²) < 4.78 is 19.4. The van der Waals surface area contributed by atoms with Crippen LogP contribution in [0.3, 0.4) is 0 Å². The maximum Gasteiger partial charge on any atom is 0.256 e. The number of halogens is 1. The standard InChI is InChI=1S/C19H17FN2O3/c1-21-19(24)17-16(11-15(23)12-7-3-2-4-8-12)25-22-18(17)13-9-5-6-10-14(13)20/h2-10,15,23H,11H2,1H3,(H,21,24). The molecule has 1 atom stereocenters. The van der Waals surface area contributed by atoms with E-state index in [0.717, 1.165) is 0 Å². The number of nitrogens with zero attached hydrogens (tertiary/aromatic N) is 1. The average Bonchev–Trinajstić information content (AvgIpc) is 3.05. The Balaban J connectivity index is 2.00. The topological polar surface area (TPSA) is 75.4 Å². The van der Waals surface area contributed by atoms with Crippen molar-refractivity contribution in [2.24, 2.45) is 0 Å². The molecule has 1 amide bonds. The van der Waals surface area contributed by atoms with Gasteiger partial charge in [-0.2, -0.15) is 0 Å². The molecule has 0 spiro atoms. The summed E-state index contributed by atoms with van der Waals surface area (Å²) >= 11 is 0. The number of rotatable bonds is 5. The SMILES string of the molecule is CNC(=O)c1c(-c2ccccc2F)noc1CC(O)c1ccccc1. The molecule has 0 bridgehead atoms. The summed E-state index contributed by atoms with van der Waals surface area (Å²) in [7, 11) is 1.47. The van der Waals surface area contributed by atoms with Gasteiger partial charge in [-0.3, -0.25) is 4.79 Å². The van der Waals surface area contributed by atoms with Crippen LogP contribution in [0.25, 0.3) is 11.3 Å². The van der Waals surface area contributed by atoms with E-state index in [1.807, 2.05) is 18.2 Å². The highest BCUT2D eigenvalue weighted by Crippen LogP contribution is 2.30. The Morgan fingerprint density at radius 1 is 1.20 bits per heavy atom. The maximum atomic E-state index is 14.1. The molecule has 0 aliphatic carbocycles. The lowest BCUT2D eigenvalue weighted by atomic mass is 9.99. The summed E-state index contributed by atoms with van der Waals surface area (Å²) in [6, 6.07) is 15.0. The van der Waals surface area contributed by atoms with Crippen LogP contribution < -0.4 is 5.32 Å². The van der Waals surface area contributed by atoms with Crippen LogP contribution in [0.5, 0.6) is 0 Å². The largest absolute Gasteiger partial charge is 0.388 e. The Morgan fingerprint density at radius 2 is 1.88 bits per heavy atom. The number of carbonyl (C=O) groups excluding carboxylic acids is 1. The fraction of sp³-hybridized carbons (Fsp3) is 0.158. The molecule has 0 saturated carbocycles. The number of hydrogen-bond donors (Lipinski definition) is 2. The number of aliphatic hydroxyl groups excluding tert-OH is 1. The predicted octanol–water partition coefficient (Wildman–Crippen LogP) is 3.12. The Kier molecular flexibility index (Phi) is 4.90. The first kappa shape index (κ1) is 16.9. The van der Waals surface area contributed by atoms with Gasteiger partial charge in [0.15, 0.2) is 5.76 Å². The molecule has 0 aliphatic heterocycles. The van der Waals surface area contributed by atoms with Crippen LogP contribution in [-0.4, -0.2) is 23.2 Å². The Morgan fingerprint density at radius 3 is 2.56 bits per heavy atom. The van der Waals surface area contributed by atoms with Gasteiger partial charge in [0, 0.05) is 19.0 Å². The monoisotopic (exact) mass is 340 g/mol. The lowest BCUT2D eigenvalue weighted by Crippen LogP contribution is -2.20. The number of aliphatic hydroxyl groups is 1. The van der Waals surface area contributed by atoms with Gasteiger partial charge in [0.05, 0.1) is 6.10 Å². The summed E-state index contributed by atoms with van der Waals surface area (Å²) in [5, 5.41) is 16.8. The van der Waals surface area contributed by atoms with Crippen LogP contribution in [0.15, 0.2) is 59.1 Å². The molecule has 0 fully saturated rings. The summed E-state index contributed by atoms with van der Waals surface area (Å²) in [5.41, 5.74) is 1.11. The summed E-state index contributed by atoms with van der Waals surface area (Å²) in [6.45, 7) is 0. The molecule has 6 heteroatoms. The van der Waals surface area contributed by atoms with E-state index < -0.39 is 17.8 Å². The molecular weight excluding hydrogens is 323 g/mol. The second-order valence-electron chi connectivity index (χ2n) is 5.52. The van der Waals surface area contributed by atoms with E-state index in [2.05, 4.69) is 10.5 Å². The number of hydrogen-bond acceptors (Lipinski definition) is 4. The van der Waals surface area contributed by atoms with E-state index in [1.54, 1.807) is 24.3 Å². The molecule has 0 radical (unpaired) electrons. The first-order valence-corrected chi connectivity index (χ1v) is 7.80. The third-order valence-corrected chi connectivity index (χ3v) is 3.91. The zero-order chi connectivity index (χ0) is 17.8. The molecule has 0 aliphatic rings. The van der Waals surface area contributed by atoms with Crippen molar-refractivity contribution in [1.82, 2.24) is 10.5 Å². The fourth-order valence-electron chi connectivity index (χ4n) is 2.63. The molecule has 2 N–H and O–H groups in total. The minimum atomic E-state index is -0.869. The second-order valence-corrected chi connectivity index (χ2v) is 5.52. The van der Waals surface area contributed by atoms with Crippen LogP contribution in [0.1, 0.15) is 27.8 Å². The molecule has 1 heterocycles. The molecule has 3 rings (SSSR count). The van der Waals surface area contributed by atoms with E-state index in [9.17, 15) is 14.3 Å². The van der Waals surface area contributed by atoms with Crippen molar-refractivity contribution in [3.63, 3.8) is 0 Å². The zero-order valence-electron chi connectivity index (χ0n) is 13.6. The Bertz CT molecular complexity index is 877. The quantitative estimate of drug-likeness (QED) is 0.748. The van der Waals surface area contributed by atoms with Gasteiger partial charge >= 0.3 is 0 Å². The lowest BCUT2D eigenvalue weighted by Gasteiger charge is -2.10. The second kappa shape index (κ2) is 7.27. The molecule has 3 aromatic rings. The molecule has 25 heavy (non-hydrogen) atoms. The van der Waals surface area contributed by atoms with E-state index in [1.165, 1.54) is 19.2 Å². The van der Waals surface area contributed by atoms with Crippen molar-refractivity contribution in [2.45, 2.75) is 12.5 Å². The van der Waals surface area contributed by atoms with Crippen LogP contribution >= 0.6 is 0 Å². The predicted molar refractivity (Wildman–Crippen MR) is 90.4 cm³/mol. The molecule has 128 valence electrons. The third kappa shape index (κ3) is 3.44. The van der Waals surface area contributed by atoms with Crippen LogP contribution in [0.4, 0.5) is 4.39 Å². The zero-order valence-corrected chi connectivity index (χ0v) is 13.6. The van der Waals surface area contributed by atoms with Gasteiger partial charge in [-0.25, -0.2) is 4.39 Å². The van der Waals surface area contributed by atoms with E-state index in [-0.39, 0.29) is 29.0 Å². The lowest BCUT2D eigenvalue weighted by molar-refractivity contribution is 0.0959. The highest BCUT2D eigenvalue weighted by molar-refractivity contribution is 6.00. The van der Waals surface area contributed by atoms with Crippen molar-refractivity contribution in [3.8, 4) is 11.3 Å². The number of carbonyl (C=O) groups is 1. The molecule has 1 unspecified atom stereocenters. The van der Waals surface area contributed by atoms with Gasteiger partial charge < -0.3 is 14.9 Å². The Hall–Kier alpha value is -2.99. The van der Waals surface area contributed by atoms with Gasteiger partial charge in [-0.15, -0.1) is 0 Å². The van der Waals surface area contributed by atoms with Gasteiger partial charge in [-0.1, -0.05) is 47.6 Å². The molecule has 5 nitrogen and oxygen atoms in total. The van der Waals surface area contributed by atoms with Crippen LogP contribution in [0, 0.1) is 5.82 Å². The maximum absolute atomic E-state index is 14.1. The van der Waals surface area contributed by atoms with Crippen molar-refractivity contribution in [3.05, 3.63) is 77.3 Å². The summed E-state index contributed by atoms with van der Waals surface area (Å²) in [6.07, 6.45) is -0.820. The Labute approximate surface area is 144 Å². The normalized spacial score (nSPS) is 12.0. The van der Waals surface area contributed by atoms with Crippen molar-refractivity contribution >= 4 is 5.91 Å². The van der Waals surface area contributed by atoms with Gasteiger partial charge in [0.25, 0.3) is 5.91 Å². The number of amides is 1. The van der Waals surface area contributed by atoms with E-state index in [4.69, 9.17) is 4.52 Å². The fourth-order valence-corrected chi connectivity index (χ4v) is 2.63. The summed E-state index contributed by atoms with van der Waals surface area (Å²) in [4.78, 5) is 12.3. The molecule has 1 aromatic heterocycles. The van der Waals surface area contributed by atoms with Crippen LogP contribution in [0.2, 0.25) is 0 Å². The highest BCUT2D eigenvalue weighted by Gasteiger charge is 2.26. The van der Waals surface area contributed by atoms with Crippen LogP contribution in [-0.2, 0) is 6.42 Å². The van der Waals surface area contributed by atoms with Crippen molar-refractivity contribution < 1.29 is 18.8 Å². The van der Waals surface area contributed by atoms with Gasteiger partial charge in [-0.05, 0) is 17.7 Å². The highest BCUT2D eigenvalue weighted by atomic mass is 19.1. The van der Waals surface area contributed by atoms with Gasteiger partial charge in [0.2, 0.25) is 0 Å². The smallest absolute Gasteiger partial charge is 0.256 e. The third-order valence-electron chi connectivity index (χ3n) is 3.91. The summed E-state index contributed by atoms with van der Waals surface area (Å²) in [5.74, 6) is -0.750. The average molecular weight is 340 g/mol.